The van der Waals surface area contributed by atoms with E-state index < -0.39 is 23.7 Å². The van der Waals surface area contributed by atoms with Crippen molar-refractivity contribution in [3.05, 3.63) is 31.1 Å². The maximum absolute atomic E-state index is 13.0. The number of amides is 3. The second-order valence-electron chi connectivity index (χ2n) is 6.66. The number of nitrogens with zero attached hydrogens (tertiary/aromatic N) is 1. The van der Waals surface area contributed by atoms with Crippen molar-refractivity contribution in [3.63, 3.8) is 0 Å². The lowest BCUT2D eigenvalue weighted by atomic mass is 9.81. The average Bonchev–Trinajstić information content (AvgIpc) is 3.11. The summed E-state index contributed by atoms with van der Waals surface area (Å²) in [6, 6.07) is 3.43. The lowest BCUT2D eigenvalue weighted by Crippen LogP contribution is -2.40. The summed E-state index contributed by atoms with van der Waals surface area (Å²) in [6.45, 7) is 0. The highest BCUT2D eigenvalue weighted by atomic mass is 79.9. The molecule has 5 atom stereocenters. The topological polar surface area (TPSA) is 54.5 Å². The summed E-state index contributed by atoms with van der Waals surface area (Å²) >= 11 is 17.4. The molecule has 0 radical (unpaired) electrons. The number of carbonyl (C=O) groups excluding carboxylic acids is 3. The molecule has 0 aromatic heterocycles. The third kappa shape index (κ3) is 2.70. The molecule has 4 rings (SSSR count). The van der Waals surface area contributed by atoms with Crippen LogP contribution in [0, 0.1) is 17.8 Å². The van der Waals surface area contributed by atoms with E-state index in [1.807, 2.05) is 0 Å². The molecule has 132 valence electrons. The first kappa shape index (κ1) is 18.8. The van der Waals surface area contributed by atoms with Crippen molar-refractivity contribution in [1.29, 1.82) is 0 Å². The van der Waals surface area contributed by atoms with Crippen molar-refractivity contribution >= 4 is 97.4 Å². The second kappa shape index (κ2) is 6.22. The average molecular weight is 664 g/mol. The normalized spacial score (nSPS) is 36.3. The smallest absolute Gasteiger partial charge is 0.269 e. The van der Waals surface area contributed by atoms with Gasteiger partial charge in [-0.05, 0) is 62.8 Å². The molecule has 3 amide bonds. The maximum atomic E-state index is 13.0. The Balaban J connectivity index is 1.72. The van der Waals surface area contributed by atoms with Crippen LogP contribution in [0.3, 0.4) is 0 Å². The third-order valence-corrected chi connectivity index (χ3v) is 10.5. The van der Waals surface area contributed by atoms with Crippen molar-refractivity contribution in [2.45, 2.75) is 22.0 Å². The number of alkyl halides is 2. The molecule has 3 fully saturated rings. The van der Waals surface area contributed by atoms with Crippen LogP contribution < -0.4 is 0 Å². The first-order chi connectivity index (χ1) is 11.7. The fourth-order valence-electron chi connectivity index (χ4n) is 3.93. The minimum absolute atomic E-state index is 0.123. The van der Waals surface area contributed by atoms with Crippen molar-refractivity contribution in [1.82, 2.24) is 4.90 Å². The van der Waals surface area contributed by atoms with E-state index in [9.17, 15) is 14.4 Å². The molecule has 1 aromatic rings. The molecule has 4 nitrogen and oxygen atoms in total. The Morgan fingerprint density at radius 1 is 1.12 bits per heavy atom. The Kier molecular flexibility index (Phi) is 4.67. The molecule has 9 heteroatoms. The predicted molar refractivity (Wildman–Crippen MR) is 110 cm³/mol. The number of rotatable bonds is 1. The Hall–Kier alpha value is 0.430. The Bertz CT molecular complexity index is 820. The highest BCUT2D eigenvalue weighted by Crippen LogP contribution is 2.66. The van der Waals surface area contributed by atoms with Crippen molar-refractivity contribution < 1.29 is 14.4 Å². The molecule has 1 aromatic carbocycles. The van der Waals surface area contributed by atoms with Crippen LogP contribution in [-0.4, -0.2) is 31.8 Å². The van der Waals surface area contributed by atoms with Crippen LogP contribution in [0.15, 0.2) is 25.6 Å². The van der Waals surface area contributed by atoms with E-state index in [0.717, 1.165) is 15.8 Å². The number of benzene rings is 1. The summed E-state index contributed by atoms with van der Waals surface area (Å²) in [5, 5.41) is 0. The fourth-order valence-corrected chi connectivity index (χ4v) is 8.54. The first-order valence-corrected chi connectivity index (χ1v) is 11.6. The lowest BCUT2D eigenvalue weighted by molar-refractivity contribution is -0.136. The van der Waals surface area contributed by atoms with E-state index in [1.165, 1.54) is 0 Å². The first-order valence-electron chi connectivity index (χ1n) is 7.56. The standard InChI is InChI=1S/C16H10Br5NO3/c17-6-2-8(18)11(9(19)3-6)15(25)22-13(23)7-1-5-4-16(5,21)12(20)10(7)14(22)24/h2-3,5,7,10,12H,1,4H2. The molecule has 1 aliphatic heterocycles. The summed E-state index contributed by atoms with van der Waals surface area (Å²) in [5.41, 5.74) is 0.272. The monoisotopic (exact) mass is 659 g/mol. The van der Waals surface area contributed by atoms with Crippen LogP contribution in [0.1, 0.15) is 23.2 Å². The number of imide groups is 3. The second-order valence-corrected chi connectivity index (χ2v) is 11.7. The van der Waals surface area contributed by atoms with Gasteiger partial charge >= 0.3 is 0 Å². The van der Waals surface area contributed by atoms with Gasteiger partial charge in [-0.2, -0.15) is 0 Å². The third-order valence-electron chi connectivity index (χ3n) is 5.29. The highest BCUT2D eigenvalue weighted by Gasteiger charge is 2.69. The van der Waals surface area contributed by atoms with Crippen molar-refractivity contribution in [2.75, 3.05) is 0 Å². The summed E-state index contributed by atoms with van der Waals surface area (Å²) in [4.78, 5) is 39.6. The number of fused-ring (bicyclic) bond motifs is 2. The molecule has 2 aliphatic carbocycles. The zero-order valence-corrected chi connectivity index (χ0v) is 20.4. The van der Waals surface area contributed by atoms with E-state index in [2.05, 4.69) is 79.6 Å². The number of halogens is 5. The van der Waals surface area contributed by atoms with Crippen LogP contribution in [0.25, 0.3) is 0 Å². The van der Waals surface area contributed by atoms with Crippen LogP contribution in [0.2, 0.25) is 0 Å². The zero-order valence-electron chi connectivity index (χ0n) is 12.4. The van der Waals surface area contributed by atoms with Gasteiger partial charge in [-0.25, -0.2) is 4.90 Å². The van der Waals surface area contributed by atoms with Gasteiger partial charge in [0, 0.05) is 22.6 Å². The molecular formula is C16H10Br5NO3. The van der Waals surface area contributed by atoms with Crippen molar-refractivity contribution in [2.24, 2.45) is 17.8 Å². The number of hydrogen-bond acceptors (Lipinski definition) is 3. The van der Waals surface area contributed by atoms with Crippen molar-refractivity contribution in [3.8, 4) is 0 Å². The highest BCUT2D eigenvalue weighted by molar-refractivity contribution is 9.12. The van der Waals surface area contributed by atoms with Crippen LogP contribution >= 0.6 is 79.6 Å². The number of likely N-dealkylation sites (tertiary alicyclic amines) is 1. The summed E-state index contributed by atoms with van der Waals surface area (Å²) < 4.78 is 1.69. The number of carbonyl (C=O) groups is 3. The Labute approximate surface area is 186 Å². The SMILES string of the molecule is O=C(c1c(Br)cc(Br)cc1Br)N1C(=O)C2CC3CC3(Br)C(Br)C2C1=O. The molecular weight excluding hydrogens is 654 g/mol. The van der Waals surface area contributed by atoms with Crippen LogP contribution in [-0.2, 0) is 9.59 Å². The predicted octanol–water partition coefficient (Wildman–Crippen LogP) is 5.04. The van der Waals surface area contributed by atoms with Gasteiger partial charge in [-0.15, -0.1) is 0 Å². The molecule has 3 aliphatic rings. The largest absolute Gasteiger partial charge is 0.274 e. The molecule has 1 saturated heterocycles. The van der Waals surface area contributed by atoms with E-state index in [4.69, 9.17) is 0 Å². The summed E-state index contributed by atoms with van der Waals surface area (Å²) in [5.74, 6) is -1.93. The van der Waals surface area contributed by atoms with Gasteiger partial charge in [0.15, 0.2) is 0 Å². The van der Waals surface area contributed by atoms with Crippen LogP contribution in [0.5, 0.6) is 0 Å². The molecule has 0 bridgehead atoms. The Morgan fingerprint density at radius 2 is 1.72 bits per heavy atom. The van der Waals surface area contributed by atoms with Gasteiger partial charge in [0.25, 0.3) is 5.91 Å². The van der Waals surface area contributed by atoms with E-state index >= 15 is 0 Å². The Morgan fingerprint density at radius 3 is 2.32 bits per heavy atom. The maximum Gasteiger partial charge on any atom is 0.269 e. The van der Waals surface area contributed by atoms with Gasteiger partial charge in [0.05, 0.1) is 17.4 Å². The van der Waals surface area contributed by atoms with Gasteiger partial charge in [0.1, 0.15) is 0 Å². The molecule has 2 saturated carbocycles. The van der Waals surface area contributed by atoms with E-state index in [0.29, 0.717) is 21.3 Å². The molecule has 0 spiro atoms. The summed E-state index contributed by atoms with van der Waals surface area (Å²) in [7, 11) is 0. The van der Waals surface area contributed by atoms with E-state index in [1.54, 1.807) is 12.1 Å². The van der Waals surface area contributed by atoms with E-state index in [-0.39, 0.29) is 20.6 Å². The minimum atomic E-state index is -0.590. The number of hydrogen-bond donors (Lipinski definition) is 0. The fraction of sp³-hybridized carbons (Fsp3) is 0.438. The van der Waals surface area contributed by atoms with Gasteiger partial charge in [0.2, 0.25) is 11.8 Å². The molecule has 0 N–H and O–H groups in total. The van der Waals surface area contributed by atoms with Gasteiger partial charge < -0.3 is 0 Å². The van der Waals surface area contributed by atoms with Gasteiger partial charge in [-0.1, -0.05) is 47.8 Å². The quantitative estimate of drug-likeness (QED) is 0.313. The van der Waals surface area contributed by atoms with Crippen LogP contribution in [0.4, 0.5) is 0 Å². The van der Waals surface area contributed by atoms with Gasteiger partial charge in [-0.3, -0.25) is 14.4 Å². The zero-order chi connectivity index (χ0) is 18.3. The molecule has 1 heterocycles. The summed E-state index contributed by atoms with van der Waals surface area (Å²) in [6.07, 6.45) is 1.60. The molecule has 5 unspecified atom stereocenters. The molecule has 25 heavy (non-hydrogen) atoms. The minimum Gasteiger partial charge on any atom is -0.274 e. The lowest BCUT2D eigenvalue weighted by Gasteiger charge is -2.30.